The lowest BCUT2D eigenvalue weighted by molar-refractivity contribution is -0.137. The number of carboxylic acids is 1. The topological polar surface area (TPSA) is 37.3 Å². The van der Waals surface area contributed by atoms with Gasteiger partial charge in [-0.2, -0.15) is 0 Å². The summed E-state index contributed by atoms with van der Waals surface area (Å²) in [5.74, 6) is 1.00. The van der Waals surface area contributed by atoms with Gasteiger partial charge in [0.2, 0.25) is 0 Å². The number of aryl methyl sites for hydroxylation is 2. The van der Waals surface area contributed by atoms with E-state index in [4.69, 9.17) is 5.11 Å². The third-order valence-electron chi connectivity index (χ3n) is 6.74. The van der Waals surface area contributed by atoms with Crippen molar-refractivity contribution in [1.82, 2.24) is 0 Å². The molecule has 0 saturated heterocycles. The van der Waals surface area contributed by atoms with Crippen molar-refractivity contribution in [3.63, 3.8) is 0 Å². The molecule has 2 rings (SSSR count). The van der Waals surface area contributed by atoms with Gasteiger partial charge in [-0.05, 0) is 74.0 Å². The van der Waals surface area contributed by atoms with Crippen LogP contribution in [0.4, 0.5) is 0 Å². The largest absolute Gasteiger partial charge is 0.481 e. The molecule has 0 unspecified atom stereocenters. The molecule has 1 aliphatic rings. The zero-order chi connectivity index (χ0) is 20.2. The van der Waals surface area contributed by atoms with Crippen LogP contribution >= 0.6 is 0 Å². The minimum absolute atomic E-state index is 0.268. The van der Waals surface area contributed by atoms with E-state index in [2.05, 4.69) is 32.0 Å². The lowest BCUT2D eigenvalue weighted by Crippen LogP contribution is -2.13. The van der Waals surface area contributed by atoms with Gasteiger partial charge in [0.05, 0.1) is 0 Å². The molecule has 158 valence electrons. The summed E-state index contributed by atoms with van der Waals surface area (Å²) in [7, 11) is 0. The van der Waals surface area contributed by atoms with Crippen LogP contribution in [0.15, 0.2) is 18.2 Å². The van der Waals surface area contributed by atoms with E-state index in [-0.39, 0.29) is 6.42 Å². The Labute approximate surface area is 173 Å². The van der Waals surface area contributed by atoms with Crippen molar-refractivity contribution >= 4 is 5.97 Å². The maximum atomic E-state index is 10.7. The van der Waals surface area contributed by atoms with Crippen molar-refractivity contribution in [2.75, 3.05) is 0 Å². The minimum Gasteiger partial charge on any atom is -0.481 e. The van der Waals surface area contributed by atoms with E-state index >= 15 is 0 Å². The molecule has 1 fully saturated rings. The van der Waals surface area contributed by atoms with Gasteiger partial charge in [-0.1, -0.05) is 76.5 Å². The van der Waals surface area contributed by atoms with Gasteiger partial charge in [0.15, 0.2) is 0 Å². The second kappa shape index (κ2) is 13.0. The second-order valence-corrected chi connectivity index (χ2v) is 9.06. The van der Waals surface area contributed by atoms with Gasteiger partial charge in [0, 0.05) is 6.42 Å². The average Bonchev–Trinajstić information content (AvgIpc) is 2.69. The molecule has 1 N–H and O–H groups in total. The molecule has 28 heavy (non-hydrogen) atoms. The molecule has 1 aliphatic carbocycles. The molecule has 0 aromatic heterocycles. The van der Waals surface area contributed by atoms with Crippen LogP contribution in [-0.4, -0.2) is 11.1 Å². The van der Waals surface area contributed by atoms with Crippen LogP contribution in [0.5, 0.6) is 0 Å². The van der Waals surface area contributed by atoms with Gasteiger partial charge in [0.25, 0.3) is 0 Å². The third-order valence-corrected chi connectivity index (χ3v) is 6.74. The molecule has 0 radical (unpaired) electrons. The third kappa shape index (κ3) is 8.37. The predicted molar refractivity (Wildman–Crippen MR) is 119 cm³/mol. The van der Waals surface area contributed by atoms with Crippen LogP contribution < -0.4 is 0 Å². The van der Waals surface area contributed by atoms with Crippen molar-refractivity contribution in [3.8, 4) is 0 Å². The number of unbranched alkanes of at least 4 members (excludes halogenated alkanes) is 6. The molecule has 0 heterocycles. The van der Waals surface area contributed by atoms with E-state index in [0.29, 0.717) is 0 Å². The van der Waals surface area contributed by atoms with Crippen LogP contribution in [0.3, 0.4) is 0 Å². The summed E-state index contributed by atoms with van der Waals surface area (Å²) in [5, 5.41) is 8.81. The fraction of sp³-hybridized carbons (Fsp3) is 0.731. The Bertz CT molecular complexity index is 570. The first-order valence-electron chi connectivity index (χ1n) is 11.9. The lowest BCUT2D eigenvalue weighted by Gasteiger charge is -2.29. The SMILES string of the molecule is CCCCCCCCCC1CCC(c2ccc(CCCC(=O)O)c(C)c2)CC1. The molecule has 2 heteroatoms. The summed E-state index contributed by atoms with van der Waals surface area (Å²) in [6.07, 6.45) is 18.8. The molecule has 0 amide bonds. The van der Waals surface area contributed by atoms with Gasteiger partial charge >= 0.3 is 5.97 Å². The van der Waals surface area contributed by atoms with Gasteiger partial charge in [-0.25, -0.2) is 0 Å². The molecule has 1 aromatic carbocycles. The maximum absolute atomic E-state index is 10.7. The maximum Gasteiger partial charge on any atom is 0.303 e. The second-order valence-electron chi connectivity index (χ2n) is 9.06. The first-order chi connectivity index (χ1) is 13.6. The van der Waals surface area contributed by atoms with Crippen LogP contribution in [0.25, 0.3) is 0 Å². The van der Waals surface area contributed by atoms with Crippen molar-refractivity contribution in [2.45, 2.75) is 116 Å². The molecular formula is C26H42O2. The first-order valence-corrected chi connectivity index (χ1v) is 11.9. The monoisotopic (exact) mass is 386 g/mol. The molecule has 0 bridgehead atoms. The van der Waals surface area contributed by atoms with Crippen LogP contribution in [-0.2, 0) is 11.2 Å². The van der Waals surface area contributed by atoms with Crippen molar-refractivity contribution in [1.29, 1.82) is 0 Å². The molecule has 0 atom stereocenters. The Balaban J connectivity index is 1.67. The Kier molecular flexibility index (Phi) is 10.7. The van der Waals surface area contributed by atoms with E-state index in [1.807, 2.05) is 0 Å². The highest BCUT2D eigenvalue weighted by Crippen LogP contribution is 2.38. The Hall–Kier alpha value is -1.31. The summed E-state index contributed by atoms with van der Waals surface area (Å²) in [6.45, 7) is 4.47. The van der Waals surface area contributed by atoms with Gasteiger partial charge < -0.3 is 5.11 Å². The summed E-state index contributed by atoms with van der Waals surface area (Å²) >= 11 is 0. The first kappa shape index (κ1) is 23.0. The average molecular weight is 387 g/mol. The molecule has 0 spiro atoms. The molecule has 1 aromatic rings. The zero-order valence-corrected chi connectivity index (χ0v) is 18.3. The molecule has 0 aliphatic heterocycles. The van der Waals surface area contributed by atoms with Crippen molar-refractivity contribution in [3.05, 3.63) is 34.9 Å². The van der Waals surface area contributed by atoms with Gasteiger partial charge in [-0.15, -0.1) is 0 Å². The number of rotatable bonds is 13. The fourth-order valence-electron chi connectivity index (χ4n) is 4.86. The predicted octanol–water partition coefficient (Wildman–Crippen LogP) is 7.82. The molecule has 2 nitrogen and oxygen atoms in total. The number of carboxylic acid groups (broad SMARTS) is 1. The van der Waals surface area contributed by atoms with Crippen molar-refractivity contribution < 1.29 is 9.90 Å². The van der Waals surface area contributed by atoms with E-state index < -0.39 is 5.97 Å². The summed E-state index contributed by atoms with van der Waals surface area (Å²) in [4.78, 5) is 10.7. The smallest absolute Gasteiger partial charge is 0.303 e. The Morgan fingerprint density at radius 3 is 2.29 bits per heavy atom. The Morgan fingerprint density at radius 2 is 1.64 bits per heavy atom. The van der Waals surface area contributed by atoms with Crippen molar-refractivity contribution in [2.24, 2.45) is 5.92 Å². The number of aliphatic carboxylic acids is 1. The molecular weight excluding hydrogens is 344 g/mol. The lowest BCUT2D eigenvalue weighted by atomic mass is 9.76. The number of hydrogen-bond acceptors (Lipinski definition) is 1. The van der Waals surface area contributed by atoms with E-state index in [0.717, 1.165) is 24.7 Å². The van der Waals surface area contributed by atoms with E-state index in [1.54, 1.807) is 0 Å². The van der Waals surface area contributed by atoms with Gasteiger partial charge in [-0.3, -0.25) is 4.79 Å². The zero-order valence-electron chi connectivity index (χ0n) is 18.3. The summed E-state index contributed by atoms with van der Waals surface area (Å²) < 4.78 is 0. The minimum atomic E-state index is -0.692. The fourth-order valence-corrected chi connectivity index (χ4v) is 4.86. The van der Waals surface area contributed by atoms with Crippen LogP contribution in [0, 0.1) is 12.8 Å². The number of carbonyl (C=O) groups is 1. The Morgan fingerprint density at radius 1 is 0.964 bits per heavy atom. The highest BCUT2D eigenvalue weighted by Gasteiger charge is 2.22. The number of hydrogen-bond donors (Lipinski definition) is 1. The highest BCUT2D eigenvalue weighted by atomic mass is 16.4. The van der Waals surface area contributed by atoms with Crippen LogP contribution in [0.1, 0.15) is 119 Å². The van der Waals surface area contributed by atoms with Gasteiger partial charge in [0.1, 0.15) is 0 Å². The quantitative estimate of drug-likeness (QED) is 0.351. The standard InChI is InChI=1S/C26H42O2/c1-3-4-5-6-7-8-9-11-22-14-16-24(17-15-22)25-19-18-23(21(2)20-25)12-10-13-26(27)28/h18-20,22,24H,3-17H2,1-2H3,(H,27,28). The van der Waals surface area contributed by atoms with E-state index in [9.17, 15) is 4.79 Å². The number of benzene rings is 1. The summed E-state index contributed by atoms with van der Waals surface area (Å²) in [5.41, 5.74) is 4.17. The normalized spacial score (nSPS) is 19.6. The highest BCUT2D eigenvalue weighted by molar-refractivity contribution is 5.66. The molecule has 1 saturated carbocycles. The summed E-state index contributed by atoms with van der Waals surface area (Å²) in [6, 6.07) is 6.93. The van der Waals surface area contributed by atoms with E-state index in [1.165, 1.54) is 93.7 Å². The van der Waals surface area contributed by atoms with Crippen LogP contribution in [0.2, 0.25) is 0 Å².